The van der Waals surface area contributed by atoms with E-state index >= 15 is 0 Å². The second-order valence-corrected chi connectivity index (χ2v) is 10.7. The van der Waals surface area contributed by atoms with Crippen LogP contribution in [-0.2, 0) is 9.59 Å². The summed E-state index contributed by atoms with van der Waals surface area (Å²) in [7, 11) is 0. The van der Waals surface area contributed by atoms with Gasteiger partial charge in [0, 0.05) is 21.8 Å². The van der Waals surface area contributed by atoms with Gasteiger partial charge in [0.05, 0.1) is 10.8 Å². The van der Waals surface area contributed by atoms with Gasteiger partial charge in [0.1, 0.15) is 5.70 Å². The van der Waals surface area contributed by atoms with Gasteiger partial charge in [-0.15, -0.1) is 11.8 Å². The highest BCUT2D eigenvalue weighted by atomic mass is 32.2. The highest BCUT2D eigenvalue weighted by molar-refractivity contribution is 8.00. The summed E-state index contributed by atoms with van der Waals surface area (Å²) in [5.41, 5.74) is 2.42. The minimum atomic E-state index is -1.04. The largest absolute Gasteiger partial charge is 0.478 e. The van der Waals surface area contributed by atoms with Crippen molar-refractivity contribution in [2.75, 3.05) is 10.6 Å². The third-order valence-electron chi connectivity index (χ3n) is 5.56. The zero-order chi connectivity index (χ0) is 28.5. The van der Waals surface area contributed by atoms with E-state index in [9.17, 15) is 19.2 Å². The van der Waals surface area contributed by atoms with E-state index in [1.54, 1.807) is 61.5 Å². The molecule has 0 spiro atoms. The number of hydrogen-bond donors (Lipinski definition) is 4. The first kappa shape index (κ1) is 28.3. The lowest BCUT2D eigenvalue weighted by Gasteiger charge is -2.14. The molecule has 0 saturated carbocycles. The molecule has 1 unspecified atom stereocenters. The Hall–Kier alpha value is -4.67. The van der Waals surface area contributed by atoms with Crippen LogP contribution in [0, 0.1) is 0 Å². The van der Waals surface area contributed by atoms with Crippen molar-refractivity contribution in [3.8, 4) is 0 Å². The third-order valence-corrected chi connectivity index (χ3v) is 7.35. The molecule has 3 aromatic carbocycles. The Bertz CT molecular complexity index is 1540. The quantitative estimate of drug-likeness (QED) is 0.137. The van der Waals surface area contributed by atoms with Crippen molar-refractivity contribution in [2.24, 2.45) is 0 Å². The minimum Gasteiger partial charge on any atom is -0.478 e. The summed E-state index contributed by atoms with van der Waals surface area (Å²) in [6, 6.07) is 23.4. The van der Waals surface area contributed by atoms with Crippen LogP contribution in [-0.4, -0.2) is 34.0 Å². The molecule has 1 aromatic heterocycles. The molecule has 0 radical (unpaired) electrons. The average Bonchev–Trinajstić information content (AvgIpc) is 3.47. The molecule has 0 aliphatic rings. The summed E-state index contributed by atoms with van der Waals surface area (Å²) in [5.74, 6) is -2.19. The smallest absolute Gasteiger partial charge is 0.335 e. The number of benzene rings is 3. The minimum absolute atomic E-state index is 0.0898. The van der Waals surface area contributed by atoms with Crippen LogP contribution in [0.2, 0.25) is 0 Å². The molecular formula is C30H25N3O5S2. The molecule has 202 valence electrons. The number of nitrogens with one attached hydrogen (secondary N) is 3. The van der Waals surface area contributed by atoms with Gasteiger partial charge in [0.25, 0.3) is 11.8 Å². The van der Waals surface area contributed by atoms with Crippen LogP contribution in [0.5, 0.6) is 0 Å². The van der Waals surface area contributed by atoms with Gasteiger partial charge in [-0.3, -0.25) is 14.4 Å². The van der Waals surface area contributed by atoms with Crippen molar-refractivity contribution in [1.29, 1.82) is 0 Å². The number of carbonyl (C=O) groups is 4. The number of thioether (sulfide) groups is 1. The molecule has 10 heteroatoms. The standard InChI is InChI=1S/C30H25N3O5S2/c1-19(27(34)31-23-12-10-22(11-13-23)30(37)38)40-25-9-5-8-24(17-25)32-29(36)26(16-20-14-15-39-18-20)33-28(35)21-6-3-2-4-7-21/h2-19H,1H3,(H,31,34)(H,32,36)(H,33,35)(H,37,38)/b26-16-. The molecule has 4 rings (SSSR count). The molecule has 8 nitrogen and oxygen atoms in total. The van der Waals surface area contributed by atoms with E-state index in [4.69, 9.17) is 5.11 Å². The summed E-state index contributed by atoms with van der Waals surface area (Å²) in [6.45, 7) is 1.75. The van der Waals surface area contributed by atoms with Crippen molar-refractivity contribution in [1.82, 2.24) is 5.32 Å². The lowest BCUT2D eigenvalue weighted by Crippen LogP contribution is -2.30. The van der Waals surface area contributed by atoms with E-state index in [2.05, 4.69) is 16.0 Å². The van der Waals surface area contributed by atoms with Crippen LogP contribution < -0.4 is 16.0 Å². The topological polar surface area (TPSA) is 125 Å². The number of rotatable bonds is 10. The first-order valence-electron chi connectivity index (χ1n) is 12.1. The van der Waals surface area contributed by atoms with Gasteiger partial charge in [-0.1, -0.05) is 24.3 Å². The zero-order valence-electron chi connectivity index (χ0n) is 21.3. The predicted octanol–water partition coefficient (Wildman–Crippen LogP) is 5.98. The average molecular weight is 572 g/mol. The molecule has 1 heterocycles. The van der Waals surface area contributed by atoms with Crippen molar-refractivity contribution >= 4 is 64.2 Å². The number of aromatic carboxylic acids is 1. The molecule has 0 bridgehead atoms. The Morgan fingerprint density at radius 2 is 1.60 bits per heavy atom. The number of carboxylic acid groups (broad SMARTS) is 1. The van der Waals surface area contributed by atoms with Crippen LogP contribution in [0.4, 0.5) is 11.4 Å². The summed E-state index contributed by atoms with van der Waals surface area (Å²) >= 11 is 2.78. The molecule has 1 atom stereocenters. The number of thiophene rings is 1. The van der Waals surface area contributed by atoms with Crippen LogP contribution in [0.25, 0.3) is 6.08 Å². The van der Waals surface area contributed by atoms with Gasteiger partial charge in [0.15, 0.2) is 0 Å². The van der Waals surface area contributed by atoms with Crippen molar-refractivity contribution in [2.45, 2.75) is 17.1 Å². The van der Waals surface area contributed by atoms with Crippen molar-refractivity contribution in [3.05, 3.63) is 118 Å². The van der Waals surface area contributed by atoms with Gasteiger partial charge < -0.3 is 21.1 Å². The fourth-order valence-corrected chi connectivity index (χ4v) is 5.05. The Morgan fingerprint density at radius 3 is 2.27 bits per heavy atom. The van der Waals surface area contributed by atoms with E-state index in [0.29, 0.717) is 16.9 Å². The van der Waals surface area contributed by atoms with E-state index in [1.807, 2.05) is 22.9 Å². The Kier molecular flexibility index (Phi) is 9.50. The Morgan fingerprint density at radius 1 is 0.850 bits per heavy atom. The fourth-order valence-electron chi connectivity index (χ4n) is 3.51. The highest BCUT2D eigenvalue weighted by Gasteiger charge is 2.17. The Labute approximate surface area is 239 Å². The maximum atomic E-state index is 13.2. The molecule has 0 aliphatic heterocycles. The normalized spacial score (nSPS) is 11.8. The lowest BCUT2D eigenvalue weighted by molar-refractivity contribution is -0.115. The SMILES string of the molecule is CC(Sc1cccc(NC(=O)/C(=C/c2ccsc2)NC(=O)c2ccccc2)c1)C(=O)Nc1ccc(C(=O)O)cc1. The number of carbonyl (C=O) groups excluding carboxylic acids is 3. The van der Waals surface area contributed by atoms with E-state index in [0.717, 1.165) is 10.5 Å². The van der Waals surface area contributed by atoms with Gasteiger partial charge in [-0.25, -0.2) is 4.79 Å². The molecular weight excluding hydrogens is 546 g/mol. The number of anilines is 2. The predicted molar refractivity (Wildman–Crippen MR) is 159 cm³/mol. The number of amides is 3. The van der Waals surface area contributed by atoms with E-state index in [-0.39, 0.29) is 17.2 Å². The second kappa shape index (κ2) is 13.4. The lowest BCUT2D eigenvalue weighted by atomic mass is 10.2. The fraction of sp³-hybridized carbons (Fsp3) is 0.0667. The molecule has 0 saturated heterocycles. The molecule has 0 fully saturated rings. The van der Waals surface area contributed by atoms with Crippen molar-refractivity contribution < 1.29 is 24.3 Å². The van der Waals surface area contributed by atoms with Crippen molar-refractivity contribution in [3.63, 3.8) is 0 Å². The number of carboxylic acids is 1. The molecule has 3 amide bonds. The first-order chi connectivity index (χ1) is 19.3. The zero-order valence-corrected chi connectivity index (χ0v) is 22.9. The molecule has 0 aliphatic carbocycles. The van der Waals surface area contributed by atoms with Gasteiger partial charge >= 0.3 is 5.97 Å². The number of hydrogen-bond acceptors (Lipinski definition) is 6. The van der Waals surface area contributed by atoms with E-state index < -0.39 is 23.0 Å². The maximum absolute atomic E-state index is 13.2. The second-order valence-electron chi connectivity index (χ2n) is 8.55. The monoisotopic (exact) mass is 571 g/mol. The van der Waals surface area contributed by atoms with E-state index in [1.165, 1.54) is 47.4 Å². The summed E-state index contributed by atoms with van der Waals surface area (Å²) in [6.07, 6.45) is 1.61. The highest BCUT2D eigenvalue weighted by Crippen LogP contribution is 2.27. The van der Waals surface area contributed by atoms with Gasteiger partial charge in [-0.2, -0.15) is 11.3 Å². The summed E-state index contributed by atoms with van der Waals surface area (Å²) < 4.78 is 0. The van der Waals surface area contributed by atoms with Gasteiger partial charge in [-0.05, 0) is 90.0 Å². The Balaban J connectivity index is 1.42. The third kappa shape index (κ3) is 7.92. The molecule has 4 N–H and O–H groups in total. The van der Waals surface area contributed by atoms with Crippen LogP contribution in [0.15, 0.2) is 106 Å². The molecule has 4 aromatic rings. The first-order valence-corrected chi connectivity index (χ1v) is 13.9. The van der Waals surface area contributed by atoms with Crippen LogP contribution in [0.3, 0.4) is 0 Å². The van der Waals surface area contributed by atoms with Gasteiger partial charge in [0.2, 0.25) is 5.91 Å². The molecule has 40 heavy (non-hydrogen) atoms. The maximum Gasteiger partial charge on any atom is 0.335 e. The summed E-state index contributed by atoms with van der Waals surface area (Å²) in [5, 5.41) is 20.6. The van der Waals surface area contributed by atoms with Crippen LogP contribution in [0.1, 0.15) is 33.2 Å². The summed E-state index contributed by atoms with van der Waals surface area (Å²) in [4.78, 5) is 50.4. The van der Waals surface area contributed by atoms with Crippen LogP contribution >= 0.6 is 23.1 Å².